The van der Waals surface area contributed by atoms with E-state index in [2.05, 4.69) is 13.0 Å². The predicted molar refractivity (Wildman–Crippen MR) is 106 cm³/mol. The fourth-order valence-corrected chi connectivity index (χ4v) is 2.60. The minimum atomic E-state index is -0.842. The summed E-state index contributed by atoms with van der Waals surface area (Å²) < 4.78 is 0. The van der Waals surface area contributed by atoms with E-state index in [0.29, 0.717) is 19.3 Å². The number of rotatable bonds is 13. The summed E-state index contributed by atoms with van der Waals surface area (Å²) >= 11 is 0. The molecular weight excluding hydrogens is 328 g/mol. The SMILES string of the molecule is CCCCC/C=C/CC(O)c1ccc(/C=C/C(O)CCCC(=O)O)cc1. The standard InChI is InChI=1S/C22H32O4/c1-2-3-4-5-6-7-10-21(24)19-15-12-18(13-16-19)14-17-20(23)9-8-11-22(25)26/h6-7,12-17,20-21,23-24H,2-5,8-11H2,1H3,(H,25,26)/b7-6+,17-14+. The highest BCUT2D eigenvalue weighted by Crippen LogP contribution is 2.19. The molecule has 1 aromatic rings. The lowest BCUT2D eigenvalue weighted by molar-refractivity contribution is -0.137. The first-order chi connectivity index (χ1) is 12.5. The number of carboxylic acid groups (broad SMARTS) is 1. The van der Waals surface area contributed by atoms with E-state index in [9.17, 15) is 15.0 Å². The molecule has 0 amide bonds. The molecule has 0 spiro atoms. The van der Waals surface area contributed by atoms with Gasteiger partial charge in [0.1, 0.15) is 0 Å². The van der Waals surface area contributed by atoms with Gasteiger partial charge in [0.15, 0.2) is 0 Å². The number of allylic oxidation sites excluding steroid dienone is 1. The van der Waals surface area contributed by atoms with Crippen LogP contribution in [0.15, 0.2) is 42.5 Å². The van der Waals surface area contributed by atoms with Gasteiger partial charge in [0.2, 0.25) is 0 Å². The third-order valence-corrected chi connectivity index (χ3v) is 4.22. The summed E-state index contributed by atoms with van der Waals surface area (Å²) in [6.45, 7) is 2.19. The Morgan fingerprint density at radius 2 is 1.81 bits per heavy atom. The highest BCUT2D eigenvalue weighted by Gasteiger charge is 2.05. The van der Waals surface area contributed by atoms with Crippen LogP contribution in [0.1, 0.15) is 75.5 Å². The number of benzene rings is 1. The second kappa shape index (κ2) is 13.3. The molecule has 2 atom stereocenters. The quantitative estimate of drug-likeness (QED) is 0.346. The number of aliphatic hydroxyl groups is 2. The van der Waals surface area contributed by atoms with Crippen LogP contribution >= 0.6 is 0 Å². The van der Waals surface area contributed by atoms with Crippen LogP contribution in [0.5, 0.6) is 0 Å². The van der Waals surface area contributed by atoms with Crippen molar-refractivity contribution < 1.29 is 20.1 Å². The molecule has 26 heavy (non-hydrogen) atoms. The Kier molecular flexibility index (Phi) is 11.3. The van der Waals surface area contributed by atoms with Gasteiger partial charge in [-0.2, -0.15) is 0 Å². The molecule has 144 valence electrons. The van der Waals surface area contributed by atoms with Gasteiger partial charge < -0.3 is 15.3 Å². The molecule has 0 bridgehead atoms. The normalized spacial score (nSPS) is 14.1. The fraction of sp³-hybridized carbons (Fsp3) is 0.500. The molecule has 0 aliphatic heterocycles. The van der Waals surface area contributed by atoms with Crippen LogP contribution in [-0.2, 0) is 4.79 Å². The van der Waals surface area contributed by atoms with E-state index in [1.807, 2.05) is 36.4 Å². The zero-order chi connectivity index (χ0) is 19.2. The van der Waals surface area contributed by atoms with E-state index in [1.54, 1.807) is 6.08 Å². The van der Waals surface area contributed by atoms with Crippen LogP contribution in [0.25, 0.3) is 6.08 Å². The largest absolute Gasteiger partial charge is 0.481 e. The second-order valence-electron chi connectivity index (χ2n) is 6.60. The second-order valence-corrected chi connectivity index (χ2v) is 6.60. The third kappa shape index (κ3) is 10.2. The van der Waals surface area contributed by atoms with Gasteiger partial charge in [0.25, 0.3) is 0 Å². The maximum absolute atomic E-state index is 10.4. The number of hydrogen-bond acceptors (Lipinski definition) is 3. The van der Waals surface area contributed by atoms with Crippen LogP contribution in [0, 0.1) is 0 Å². The summed E-state index contributed by atoms with van der Waals surface area (Å²) in [5.41, 5.74) is 1.82. The lowest BCUT2D eigenvalue weighted by Crippen LogP contribution is -2.03. The van der Waals surface area contributed by atoms with Crippen molar-refractivity contribution in [2.45, 2.75) is 70.5 Å². The van der Waals surface area contributed by atoms with Gasteiger partial charge in [0.05, 0.1) is 12.2 Å². The molecule has 1 aromatic carbocycles. The smallest absolute Gasteiger partial charge is 0.303 e. The predicted octanol–water partition coefficient (Wildman–Crippen LogP) is 4.88. The first-order valence-electron chi connectivity index (χ1n) is 9.54. The lowest BCUT2D eigenvalue weighted by Gasteiger charge is -2.09. The summed E-state index contributed by atoms with van der Waals surface area (Å²) in [4.78, 5) is 10.4. The van der Waals surface area contributed by atoms with E-state index in [0.717, 1.165) is 17.5 Å². The minimum absolute atomic E-state index is 0.0739. The summed E-state index contributed by atoms with van der Waals surface area (Å²) in [6, 6.07) is 7.60. The monoisotopic (exact) mass is 360 g/mol. The molecule has 0 heterocycles. The third-order valence-electron chi connectivity index (χ3n) is 4.22. The van der Waals surface area contributed by atoms with Crippen LogP contribution in [-0.4, -0.2) is 27.4 Å². The Morgan fingerprint density at radius 1 is 1.08 bits per heavy atom. The maximum Gasteiger partial charge on any atom is 0.303 e. The molecule has 0 radical (unpaired) electrons. The Hall–Kier alpha value is -1.91. The van der Waals surface area contributed by atoms with E-state index >= 15 is 0 Å². The lowest BCUT2D eigenvalue weighted by atomic mass is 10.0. The zero-order valence-corrected chi connectivity index (χ0v) is 15.7. The number of aliphatic carboxylic acids is 1. The number of aliphatic hydroxyl groups excluding tert-OH is 2. The van der Waals surface area contributed by atoms with Gasteiger partial charge >= 0.3 is 5.97 Å². The van der Waals surface area contributed by atoms with Gasteiger partial charge in [-0.3, -0.25) is 4.79 Å². The van der Waals surface area contributed by atoms with Crippen molar-refractivity contribution in [2.75, 3.05) is 0 Å². The van der Waals surface area contributed by atoms with Crippen molar-refractivity contribution in [1.82, 2.24) is 0 Å². The van der Waals surface area contributed by atoms with Crippen molar-refractivity contribution in [2.24, 2.45) is 0 Å². The van der Waals surface area contributed by atoms with Crippen LogP contribution in [0.2, 0.25) is 0 Å². The van der Waals surface area contributed by atoms with Gasteiger partial charge in [0, 0.05) is 6.42 Å². The van der Waals surface area contributed by atoms with Crippen LogP contribution in [0.4, 0.5) is 0 Å². The molecule has 0 fully saturated rings. The van der Waals surface area contributed by atoms with Crippen LogP contribution in [0.3, 0.4) is 0 Å². The van der Waals surface area contributed by atoms with Gasteiger partial charge in [-0.05, 0) is 43.2 Å². The Labute approximate surface area is 156 Å². The Morgan fingerprint density at radius 3 is 2.46 bits per heavy atom. The van der Waals surface area contributed by atoms with E-state index in [1.165, 1.54) is 19.3 Å². The molecule has 0 aliphatic rings. The minimum Gasteiger partial charge on any atom is -0.481 e. The van der Waals surface area contributed by atoms with Crippen molar-refractivity contribution in [1.29, 1.82) is 0 Å². The Bertz CT molecular complexity index is 560. The highest BCUT2D eigenvalue weighted by molar-refractivity contribution is 5.66. The van der Waals surface area contributed by atoms with E-state index in [4.69, 9.17) is 5.11 Å². The molecule has 0 saturated carbocycles. The van der Waals surface area contributed by atoms with Crippen molar-refractivity contribution in [3.8, 4) is 0 Å². The van der Waals surface area contributed by atoms with Crippen molar-refractivity contribution in [3.63, 3.8) is 0 Å². The van der Waals surface area contributed by atoms with Crippen molar-refractivity contribution in [3.05, 3.63) is 53.6 Å². The molecule has 0 aliphatic carbocycles. The molecule has 0 saturated heterocycles. The summed E-state index contributed by atoms with van der Waals surface area (Å²) in [6.07, 6.45) is 12.8. The average molecular weight is 360 g/mol. The maximum atomic E-state index is 10.4. The molecule has 1 rings (SSSR count). The van der Waals surface area contributed by atoms with Crippen molar-refractivity contribution >= 4 is 12.0 Å². The molecular formula is C22H32O4. The van der Waals surface area contributed by atoms with E-state index in [-0.39, 0.29) is 6.42 Å². The first kappa shape index (κ1) is 22.1. The number of carbonyl (C=O) groups is 1. The van der Waals surface area contributed by atoms with Crippen LogP contribution < -0.4 is 0 Å². The Balaban J connectivity index is 2.39. The highest BCUT2D eigenvalue weighted by atomic mass is 16.4. The fourth-order valence-electron chi connectivity index (χ4n) is 2.60. The number of carboxylic acids is 1. The topological polar surface area (TPSA) is 77.8 Å². The molecule has 4 heteroatoms. The summed E-state index contributed by atoms with van der Waals surface area (Å²) in [5.74, 6) is -0.842. The summed E-state index contributed by atoms with van der Waals surface area (Å²) in [7, 11) is 0. The van der Waals surface area contributed by atoms with Gasteiger partial charge in [-0.25, -0.2) is 0 Å². The summed E-state index contributed by atoms with van der Waals surface area (Å²) in [5, 5.41) is 28.6. The average Bonchev–Trinajstić information content (AvgIpc) is 2.63. The van der Waals surface area contributed by atoms with Gasteiger partial charge in [-0.15, -0.1) is 0 Å². The molecule has 2 unspecified atom stereocenters. The molecule has 0 aromatic heterocycles. The first-order valence-corrected chi connectivity index (χ1v) is 9.54. The number of unbranched alkanes of at least 4 members (excludes halogenated alkanes) is 3. The molecule has 3 N–H and O–H groups in total. The zero-order valence-electron chi connectivity index (χ0n) is 15.7. The molecule has 4 nitrogen and oxygen atoms in total. The van der Waals surface area contributed by atoms with Gasteiger partial charge in [-0.1, -0.05) is 68.3 Å². The van der Waals surface area contributed by atoms with E-state index < -0.39 is 18.2 Å². The number of hydrogen-bond donors (Lipinski definition) is 3.